The Kier molecular flexibility index (Phi) is 8.33. The van der Waals surface area contributed by atoms with Gasteiger partial charge in [0.2, 0.25) is 5.91 Å². The summed E-state index contributed by atoms with van der Waals surface area (Å²) in [6.45, 7) is 5.40. The van der Waals surface area contributed by atoms with Gasteiger partial charge in [0.05, 0.1) is 6.04 Å². The van der Waals surface area contributed by atoms with Gasteiger partial charge in [-0.25, -0.2) is 0 Å². The predicted octanol–water partition coefficient (Wildman–Crippen LogP) is 0.735. The van der Waals surface area contributed by atoms with Crippen molar-refractivity contribution in [2.75, 3.05) is 19.7 Å². The Morgan fingerprint density at radius 2 is 2.07 bits per heavy atom. The van der Waals surface area contributed by atoms with E-state index in [9.17, 15) is 4.79 Å². The summed E-state index contributed by atoms with van der Waals surface area (Å²) in [7, 11) is 0. The first kappa shape index (κ1) is 14.4. The van der Waals surface area contributed by atoms with E-state index < -0.39 is 0 Å². The first-order chi connectivity index (χ1) is 7.17. The van der Waals surface area contributed by atoms with E-state index in [2.05, 4.69) is 6.92 Å². The highest BCUT2D eigenvalue weighted by Crippen LogP contribution is 2.03. The average molecular weight is 216 g/mol. The van der Waals surface area contributed by atoms with Gasteiger partial charge in [-0.15, -0.1) is 0 Å². The molecule has 4 nitrogen and oxygen atoms in total. The number of nitrogens with zero attached hydrogens (tertiary/aromatic N) is 1. The molecule has 0 spiro atoms. The van der Waals surface area contributed by atoms with Crippen LogP contribution in [0.1, 0.15) is 39.5 Å². The predicted molar refractivity (Wildman–Crippen MR) is 61.5 cm³/mol. The molecule has 1 atom stereocenters. The van der Waals surface area contributed by atoms with Gasteiger partial charge in [0, 0.05) is 19.7 Å². The fourth-order valence-corrected chi connectivity index (χ4v) is 1.47. The first-order valence-electron chi connectivity index (χ1n) is 5.82. The summed E-state index contributed by atoms with van der Waals surface area (Å²) in [4.78, 5) is 13.5. The van der Waals surface area contributed by atoms with Crippen molar-refractivity contribution >= 4 is 5.91 Å². The number of hydrogen-bond donors (Lipinski definition) is 2. The second-order valence-corrected chi connectivity index (χ2v) is 3.74. The lowest BCUT2D eigenvalue weighted by Gasteiger charge is -2.24. The Labute approximate surface area is 92.4 Å². The fraction of sp³-hybridized carbons (Fsp3) is 0.909. The molecule has 0 aliphatic heterocycles. The van der Waals surface area contributed by atoms with Gasteiger partial charge >= 0.3 is 0 Å². The summed E-state index contributed by atoms with van der Waals surface area (Å²) in [5.41, 5.74) is 5.80. The quantitative estimate of drug-likeness (QED) is 0.628. The number of unbranched alkanes of at least 4 members (excludes halogenated alkanes) is 1. The summed E-state index contributed by atoms with van der Waals surface area (Å²) in [5, 5.41) is 8.70. The van der Waals surface area contributed by atoms with Crippen molar-refractivity contribution in [2.45, 2.75) is 45.6 Å². The summed E-state index contributed by atoms with van der Waals surface area (Å²) in [5.74, 6) is 0.0133. The molecule has 0 radical (unpaired) electrons. The van der Waals surface area contributed by atoms with E-state index in [1.165, 1.54) is 0 Å². The second-order valence-electron chi connectivity index (χ2n) is 3.74. The van der Waals surface area contributed by atoms with Crippen LogP contribution in [-0.4, -0.2) is 41.7 Å². The monoisotopic (exact) mass is 216 g/mol. The van der Waals surface area contributed by atoms with Crippen LogP contribution < -0.4 is 5.73 Å². The number of aliphatic hydroxyl groups is 1. The smallest absolute Gasteiger partial charge is 0.239 e. The van der Waals surface area contributed by atoms with E-state index >= 15 is 0 Å². The zero-order chi connectivity index (χ0) is 11.7. The van der Waals surface area contributed by atoms with Gasteiger partial charge in [0.25, 0.3) is 0 Å². The van der Waals surface area contributed by atoms with Crippen LogP contribution in [0.25, 0.3) is 0 Å². The normalized spacial score (nSPS) is 12.5. The average Bonchev–Trinajstić information content (AvgIpc) is 2.26. The number of hydrogen-bond acceptors (Lipinski definition) is 3. The van der Waals surface area contributed by atoms with Crippen molar-refractivity contribution in [2.24, 2.45) is 5.73 Å². The molecule has 0 saturated carbocycles. The van der Waals surface area contributed by atoms with Crippen LogP contribution >= 0.6 is 0 Å². The molecule has 0 aliphatic carbocycles. The van der Waals surface area contributed by atoms with Gasteiger partial charge in [0.15, 0.2) is 0 Å². The van der Waals surface area contributed by atoms with Gasteiger partial charge in [-0.1, -0.05) is 19.8 Å². The van der Waals surface area contributed by atoms with E-state index in [0.29, 0.717) is 19.5 Å². The van der Waals surface area contributed by atoms with Crippen molar-refractivity contribution in [1.82, 2.24) is 4.90 Å². The van der Waals surface area contributed by atoms with Crippen LogP contribution in [0.3, 0.4) is 0 Å². The zero-order valence-corrected chi connectivity index (χ0v) is 9.91. The van der Waals surface area contributed by atoms with Gasteiger partial charge in [0.1, 0.15) is 0 Å². The second kappa shape index (κ2) is 8.68. The van der Waals surface area contributed by atoms with Crippen LogP contribution in [0.15, 0.2) is 0 Å². The Morgan fingerprint density at radius 1 is 1.40 bits per heavy atom. The van der Waals surface area contributed by atoms with Crippen LogP contribution in [0, 0.1) is 0 Å². The number of aliphatic hydroxyl groups excluding tert-OH is 1. The first-order valence-corrected chi connectivity index (χ1v) is 5.82. The summed E-state index contributed by atoms with van der Waals surface area (Å²) >= 11 is 0. The lowest BCUT2D eigenvalue weighted by atomic mass is 10.1. The molecule has 1 unspecified atom stereocenters. The standard InChI is InChI=1S/C11H24N2O2/c1-3-5-7-10(12)11(15)13(4-2)8-6-9-14/h10,14H,3-9,12H2,1-2H3. The number of amides is 1. The molecular weight excluding hydrogens is 192 g/mol. The number of nitrogens with two attached hydrogens (primary N) is 1. The van der Waals surface area contributed by atoms with Gasteiger partial charge in [-0.2, -0.15) is 0 Å². The van der Waals surface area contributed by atoms with Crippen LogP contribution in [-0.2, 0) is 4.79 Å². The van der Waals surface area contributed by atoms with Crippen molar-refractivity contribution < 1.29 is 9.90 Å². The minimum Gasteiger partial charge on any atom is -0.396 e. The molecule has 3 N–H and O–H groups in total. The third-order valence-electron chi connectivity index (χ3n) is 2.47. The maximum atomic E-state index is 11.8. The molecule has 0 rings (SSSR count). The Morgan fingerprint density at radius 3 is 2.53 bits per heavy atom. The number of likely N-dealkylation sites (N-methyl/N-ethyl adjacent to an activating group) is 1. The molecule has 0 aromatic carbocycles. The Bertz CT molecular complexity index is 174. The van der Waals surface area contributed by atoms with Crippen LogP contribution in [0.2, 0.25) is 0 Å². The largest absolute Gasteiger partial charge is 0.396 e. The SMILES string of the molecule is CCCCC(N)C(=O)N(CC)CCCO. The third-order valence-corrected chi connectivity index (χ3v) is 2.47. The molecule has 0 aromatic heterocycles. The highest BCUT2D eigenvalue weighted by molar-refractivity contribution is 5.81. The molecule has 0 saturated heterocycles. The van der Waals surface area contributed by atoms with Crippen molar-refractivity contribution in [1.29, 1.82) is 0 Å². The molecule has 0 bridgehead atoms. The molecule has 0 fully saturated rings. The van der Waals surface area contributed by atoms with E-state index in [1.54, 1.807) is 4.90 Å². The van der Waals surface area contributed by atoms with E-state index in [4.69, 9.17) is 10.8 Å². The van der Waals surface area contributed by atoms with E-state index in [0.717, 1.165) is 19.3 Å². The molecule has 15 heavy (non-hydrogen) atoms. The Hall–Kier alpha value is -0.610. The zero-order valence-electron chi connectivity index (χ0n) is 9.91. The summed E-state index contributed by atoms with van der Waals surface area (Å²) in [6, 6.07) is -0.372. The minimum atomic E-state index is -0.372. The van der Waals surface area contributed by atoms with Crippen LogP contribution in [0.4, 0.5) is 0 Å². The highest BCUT2D eigenvalue weighted by atomic mass is 16.3. The van der Waals surface area contributed by atoms with Crippen molar-refractivity contribution in [3.8, 4) is 0 Å². The maximum absolute atomic E-state index is 11.8. The lowest BCUT2D eigenvalue weighted by Crippen LogP contribution is -2.44. The number of carbonyl (C=O) groups is 1. The highest BCUT2D eigenvalue weighted by Gasteiger charge is 2.18. The van der Waals surface area contributed by atoms with E-state index in [1.807, 2.05) is 6.92 Å². The van der Waals surface area contributed by atoms with Crippen molar-refractivity contribution in [3.05, 3.63) is 0 Å². The molecular formula is C11H24N2O2. The molecule has 0 aromatic rings. The fourth-order valence-electron chi connectivity index (χ4n) is 1.47. The maximum Gasteiger partial charge on any atom is 0.239 e. The van der Waals surface area contributed by atoms with Gasteiger partial charge < -0.3 is 15.7 Å². The molecule has 1 amide bonds. The van der Waals surface area contributed by atoms with Gasteiger partial charge in [-0.05, 0) is 19.8 Å². The van der Waals surface area contributed by atoms with E-state index in [-0.39, 0.29) is 18.6 Å². The summed E-state index contributed by atoms with van der Waals surface area (Å²) < 4.78 is 0. The molecule has 0 aliphatic rings. The molecule has 90 valence electrons. The minimum absolute atomic E-state index is 0.0133. The lowest BCUT2D eigenvalue weighted by molar-refractivity contribution is -0.132. The summed E-state index contributed by atoms with van der Waals surface area (Å²) in [6.07, 6.45) is 3.43. The molecule has 4 heteroatoms. The number of rotatable bonds is 8. The third kappa shape index (κ3) is 5.74. The topological polar surface area (TPSA) is 66.6 Å². The molecule has 0 heterocycles. The van der Waals surface area contributed by atoms with Crippen molar-refractivity contribution in [3.63, 3.8) is 0 Å². The number of carbonyl (C=O) groups excluding carboxylic acids is 1. The van der Waals surface area contributed by atoms with Crippen LogP contribution in [0.5, 0.6) is 0 Å². The Balaban J connectivity index is 4.00. The van der Waals surface area contributed by atoms with Gasteiger partial charge in [-0.3, -0.25) is 4.79 Å².